The maximum atomic E-state index is 10.8. The average molecular weight is 309 g/mol. The van der Waals surface area contributed by atoms with E-state index in [0.717, 1.165) is 22.9 Å². The molecule has 104 valence electrons. The summed E-state index contributed by atoms with van der Waals surface area (Å²) in [6, 6.07) is 7.40. The van der Waals surface area contributed by atoms with Gasteiger partial charge in [-0.1, -0.05) is 11.6 Å². The van der Waals surface area contributed by atoms with Crippen LogP contribution in [0.25, 0.3) is 0 Å². The van der Waals surface area contributed by atoms with Gasteiger partial charge in [-0.05, 0) is 43.5 Å². The van der Waals surface area contributed by atoms with Crippen molar-refractivity contribution >= 4 is 34.3 Å². The number of fused-ring (bicyclic) bond motifs is 1. The fraction of sp³-hybridized carbons (Fsp3) is 0.286. The second-order valence-corrected chi connectivity index (χ2v) is 6.69. The van der Waals surface area contributed by atoms with Crippen LogP contribution in [0.1, 0.15) is 28.5 Å². The first kappa shape index (κ1) is 13.4. The van der Waals surface area contributed by atoms with Crippen LogP contribution in [0.2, 0.25) is 4.34 Å². The SMILES string of the molecule is Cc1cc(NC2CCc3sc(Cl)cc32)ccc1[N+](=O)[O-]. The molecule has 0 saturated carbocycles. The zero-order valence-electron chi connectivity index (χ0n) is 10.9. The standard InChI is InChI=1S/C14H13ClN2O2S/c1-8-6-9(2-4-12(8)17(18)19)16-11-3-5-13-10(11)7-14(15)20-13/h2,4,6-7,11,16H,3,5H2,1H3. The number of aryl methyl sites for hydroxylation is 2. The van der Waals surface area contributed by atoms with Crippen molar-refractivity contribution in [3.8, 4) is 0 Å². The normalized spacial score (nSPS) is 17.0. The monoisotopic (exact) mass is 308 g/mol. The molecular weight excluding hydrogens is 296 g/mol. The van der Waals surface area contributed by atoms with Crippen LogP contribution in [-0.2, 0) is 6.42 Å². The Morgan fingerprint density at radius 3 is 2.95 bits per heavy atom. The van der Waals surface area contributed by atoms with Gasteiger partial charge in [-0.3, -0.25) is 10.1 Å². The van der Waals surface area contributed by atoms with Gasteiger partial charge in [0.25, 0.3) is 5.69 Å². The van der Waals surface area contributed by atoms with Gasteiger partial charge in [-0.2, -0.15) is 0 Å². The highest BCUT2D eigenvalue weighted by molar-refractivity contribution is 7.16. The molecule has 1 aromatic heterocycles. The summed E-state index contributed by atoms with van der Waals surface area (Å²) in [5, 5.41) is 14.3. The van der Waals surface area contributed by atoms with Gasteiger partial charge in [-0.15, -0.1) is 11.3 Å². The van der Waals surface area contributed by atoms with Gasteiger partial charge in [0.1, 0.15) is 0 Å². The highest BCUT2D eigenvalue weighted by atomic mass is 35.5. The molecule has 1 N–H and O–H groups in total. The van der Waals surface area contributed by atoms with Crippen molar-refractivity contribution in [3.63, 3.8) is 0 Å². The lowest BCUT2D eigenvalue weighted by atomic mass is 10.1. The molecule has 0 aliphatic heterocycles. The fourth-order valence-electron chi connectivity index (χ4n) is 2.63. The molecule has 1 atom stereocenters. The summed E-state index contributed by atoms with van der Waals surface area (Å²) >= 11 is 7.68. The molecule has 0 amide bonds. The van der Waals surface area contributed by atoms with Gasteiger partial charge < -0.3 is 5.32 Å². The van der Waals surface area contributed by atoms with Gasteiger partial charge in [0, 0.05) is 22.2 Å². The predicted molar refractivity (Wildman–Crippen MR) is 81.8 cm³/mol. The molecule has 0 fully saturated rings. The minimum atomic E-state index is -0.356. The zero-order valence-corrected chi connectivity index (χ0v) is 12.4. The van der Waals surface area contributed by atoms with Crippen molar-refractivity contribution in [2.45, 2.75) is 25.8 Å². The van der Waals surface area contributed by atoms with Gasteiger partial charge >= 0.3 is 0 Å². The lowest BCUT2D eigenvalue weighted by Gasteiger charge is -2.15. The minimum Gasteiger partial charge on any atom is -0.378 e. The maximum absolute atomic E-state index is 10.8. The Morgan fingerprint density at radius 1 is 1.45 bits per heavy atom. The van der Waals surface area contributed by atoms with E-state index in [1.165, 1.54) is 10.4 Å². The van der Waals surface area contributed by atoms with Crippen LogP contribution in [0.4, 0.5) is 11.4 Å². The van der Waals surface area contributed by atoms with E-state index in [1.54, 1.807) is 30.4 Å². The first-order valence-electron chi connectivity index (χ1n) is 6.34. The Balaban J connectivity index is 1.82. The first-order valence-corrected chi connectivity index (χ1v) is 7.53. The molecule has 0 radical (unpaired) electrons. The Hall–Kier alpha value is -1.59. The number of benzene rings is 1. The highest BCUT2D eigenvalue weighted by Gasteiger charge is 2.25. The van der Waals surface area contributed by atoms with Crippen molar-refractivity contribution < 1.29 is 4.92 Å². The molecule has 1 heterocycles. The molecule has 3 rings (SSSR count). The fourth-order valence-corrected chi connectivity index (χ4v) is 3.99. The summed E-state index contributed by atoms with van der Waals surface area (Å²) < 4.78 is 0.821. The number of anilines is 1. The molecule has 6 heteroatoms. The van der Waals surface area contributed by atoms with Crippen LogP contribution in [0.3, 0.4) is 0 Å². The smallest absolute Gasteiger partial charge is 0.272 e. The molecule has 2 aromatic rings. The molecule has 1 aromatic carbocycles. The van der Waals surface area contributed by atoms with Gasteiger partial charge in [-0.25, -0.2) is 0 Å². The van der Waals surface area contributed by atoms with E-state index in [0.29, 0.717) is 5.56 Å². The number of nitro benzene ring substituents is 1. The Labute approximate surface area is 125 Å². The lowest BCUT2D eigenvalue weighted by molar-refractivity contribution is -0.385. The number of hydrogen-bond acceptors (Lipinski definition) is 4. The summed E-state index contributed by atoms with van der Waals surface area (Å²) in [6.07, 6.45) is 2.07. The number of halogens is 1. The van der Waals surface area contributed by atoms with Crippen molar-refractivity contribution in [3.05, 3.63) is 54.7 Å². The molecule has 0 saturated heterocycles. The van der Waals surface area contributed by atoms with Gasteiger partial charge in [0.15, 0.2) is 0 Å². The van der Waals surface area contributed by atoms with Crippen LogP contribution in [-0.4, -0.2) is 4.92 Å². The van der Waals surface area contributed by atoms with Crippen LogP contribution >= 0.6 is 22.9 Å². The summed E-state index contributed by atoms with van der Waals surface area (Å²) in [5.74, 6) is 0. The predicted octanol–water partition coefficient (Wildman–Crippen LogP) is 4.72. The quantitative estimate of drug-likeness (QED) is 0.659. The van der Waals surface area contributed by atoms with Crippen molar-refractivity contribution in [1.82, 2.24) is 0 Å². The third-order valence-corrected chi connectivity index (χ3v) is 4.92. The Kier molecular flexibility index (Phi) is 3.40. The molecular formula is C14H13ClN2O2S. The molecule has 1 unspecified atom stereocenters. The molecule has 1 aliphatic carbocycles. The average Bonchev–Trinajstić information content (AvgIpc) is 2.90. The summed E-state index contributed by atoms with van der Waals surface area (Å²) in [5.41, 5.74) is 2.99. The molecule has 1 aliphatic rings. The van der Waals surface area contributed by atoms with Crippen LogP contribution in [0.5, 0.6) is 0 Å². The maximum Gasteiger partial charge on any atom is 0.272 e. The second-order valence-electron chi connectivity index (χ2n) is 4.92. The largest absolute Gasteiger partial charge is 0.378 e. The van der Waals surface area contributed by atoms with Crippen LogP contribution in [0, 0.1) is 17.0 Å². The topological polar surface area (TPSA) is 55.2 Å². The minimum absolute atomic E-state index is 0.154. The summed E-state index contributed by atoms with van der Waals surface area (Å²) in [6.45, 7) is 1.75. The van der Waals surface area contributed by atoms with Gasteiger partial charge in [0.05, 0.1) is 15.3 Å². The van der Waals surface area contributed by atoms with E-state index in [1.807, 2.05) is 12.1 Å². The van der Waals surface area contributed by atoms with E-state index in [9.17, 15) is 10.1 Å². The van der Waals surface area contributed by atoms with Crippen LogP contribution in [0.15, 0.2) is 24.3 Å². The van der Waals surface area contributed by atoms with E-state index < -0.39 is 0 Å². The number of nitrogens with one attached hydrogen (secondary N) is 1. The van der Waals surface area contributed by atoms with E-state index >= 15 is 0 Å². The van der Waals surface area contributed by atoms with Crippen LogP contribution < -0.4 is 5.32 Å². The molecule has 4 nitrogen and oxygen atoms in total. The number of nitro groups is 1. The van der Waals surface area contributed by atoms with Crippen molar-refractivity contribution in [2.24, 2.45) is 0 Å². The highest BCUT2D eigenvalue weighted by Crippen LogP contribution is 2.41. The number of thiophene rings is 1. The zero-order chi connectivity index (χ0) is 14.3. The molecule has 20 heavy (non-hydrogen) atoms. The number of rotatable bonds is 3. The van der Waals surface area contributed by atoms with E-state index in [2.05, 4.69) is 5.32 Å². The molecule has 0 spiro atoms. The first-order chi connectivity index (χ1) is 9.54. The van der Waals surface area contributed by atoms with Crippen molar-refractivity contribution in [2.75, 3.05) is 5.32 Å². The van der Waals surface area contributed by atoms with Gasteiger partial charge in [0.2, 0.25) is 0 Å². The summed E-state index contributed by atoms with van der Waals surface area (Å²) in [4.78, 5) is 11.8. The third-order valence-electron chi connectivity index (χ3n) is 3.58. The van der Waals surface area contributed by atoms with E-state index in [4.69, 9.17) is 11.6 Å². The lowest BCUT2D eigenvalue weighted by Crippen LogP contribution is -2.07. The number of hydrogen-bond donors (Lipinski definition) is 1. The number of nitrogens with zero attached hydrogens (tertiary/aromatic N) is 1. The molecule has 0 bridgehead atoms. The van der Waals surface area contributed by atoms with E-state index in [-0.39, 0.29) is 16.7 Å². The third kappa shape index (κ3) is 2.39. The summed E-state index contributed by atoms with van der Waals surface area (Å²) in [7, 11) is 0. The van der Waals surface area contributed by atoms with Crippen molar-refractivity contribution in [1.29, 1.82) is 0 Å². The second kappa shape index (κ2) is 5.07. The Morgan fingerprint density at radius 2 is 2.25 bits per heavy atom. The Bertz CT molecular complexity index is 684.